The van der Waals surface area contributed by atoms with Crippen LogP contribution in [0, 0.1) is 5.92 Å². The number of benzene rings is 1. The fourth-order valence-electron chi connectivity index (χ4n) is 2.13. The highest BCUT2D eigenvalue weighted by Crippen LogP contribution is 2.08. The van der Waals surface area contributed by atoms with Crippen molar-refractivity contribution in [2.45, 2.75) is 26.3 Å². The van der Waals surface area contributed by atoms with Crippen molar-refractivity contribution < 1.29 is 14.3 Å². The maximum atomic E-state index is 12.3. The standard InChI is InChI=1S/C18H29N3O3.ClH/c1-14(2)12-16(18(23)19-10-11-21(3)4)20-17(22)13-24-15-8-6-5-7-9-15;/h5-9,14,16H,10-13H2,1-4H3,(H,19,23)(H,20,22);1H. The fraction of sp³-hybridized carbons (Fsp3) is 0.556. The van der Waals surface area contributed by atoms with Crippen LogP contribution in [-0.4, -0.2) is 56.5 Å². The summed E-state index contributed by atoms with van der Waals surface area (Å²) in [6.45, 7) is 5.24. The van der Waals surface area contributed by atoms with Gasteiger partial charge in [-0.25, -0.2) is 0 Å². The molecule has 0 heterocycles. The van der Waals surface area contributed by atoms with E-state index < -0.39 is 6.04 Å². The van der Waals surface area contributed by atoms with E-state index in [1.807, 2.05) is 51.0 Å². The Bertz CT molecular complexity index is 510. The average molecular weight is 372 g/mol. The number of halogens is 1. The number of likely N-dealkylation sites (N-methyl/N-ethyl adjacent to an activating group) is 1. The van der Waals surface area contributed by atoms with E-state index in [0.29, 0.717) is 24.6 Å². The lowest BCUT2D eigenvalue weighted by molar-refractivity contribution is -0.130. The van der Waals surface area contributed by atoms with Crippen LogP contribution in [0.25, 0.3) is 0 Å². The maximum Gasteiger partial charge on any atom is 0.258 e. The van der Waals surface area contributed by atoms with Crippen molar-refractivity contribution in [2.75, 3.05) is 33.8 Å². The van der Waals surface area contributed by atoms with Crippen LogP contribution in [0.1, 0.15) is 20.3 Å². The van der Waals surface area contributed by atoms with Crippen LogP contribution in [-0.2, 0) is 9.59 Å². The van der Waals surface area contributed by atoms with Gasteiger partial charge in [-0.1, -0.05) is 32.0 Å². The topological polar surface area (TPSA) is 70.7 Å². The minimum Gasteiger partial charge on any atom is -0.484 e. The third-order valence-corrected chi connectivity index (χ3v) is 3.33. The number of carbonyl (C=O) groups is 2. The molecule has 1 aromatic rings. The zero-order valence-electron chi connectivity index (χ0n) is 15.5. The molecule has 142 valence electrons. The van der Waals surface area contributed by atoms with Gasteiger partial charge in [-0.3, -0.25) is 9.59 Å². The van der Waals surface area contributed by atoms with Gasteiger partial charge < -0.3 is 20.3 Å². The highest BCUT2D eigenvalue weighted by molar-refractivity contribution is 5.88. The van der Waals surface area contributed by atoms with Gasteiger partial charge in [0.15, 0.2) is 6.61 Å². The molecule has 0 aliphatic carbocycles. The molecule has 0 aromatic heterocycles. The number of amides is 2. The van der Waals surface area contributed by atoms with E-state index in [0.717, 1.165) is 6.54 Å². The smallest absolute Gasteiger partial charge is 0.258 e. The Morgan fingerprint density at radius 3 is 2.36 bits per heavy atom. The second-order valence-corrected chi connectivity index (χ2v) is 6.45. The van der Waals surface area contributed by atoms with Crippen LogP contribution in [0.3, 0.4) is 0 Å². The summed E-state index contributed by atoms with van der Waals surface area (Å²) in [4.78, 5) is 26.3. The molecule has 6 nitrogen and oxygen atoms in total. The quantitative estimate of drug-likeness (QED) is 0.656. The Hall–Kier alpha value is -1.79. The molecule has 0 spiro atoms. The van der Waals surface area contributed by atoms with Gasteiger partial charge in [0.05, 0.1) is 0 Å². The highest BCUT2D eigenvalue weighted by Gasteiger charge is 2.21. The van der Waals surface area contributed by atoms with Crippen molar-refractivity contribution in [3.05, 3.63) is 30.3 Å². The lowest BCUT2D eigenvalue weighted by atomic mass is 10.0. The van der Waals surface area contributed by atoms with Crippen molar-refractivity contribution in [3.8, 4) is 5.75 Å². The number of rotatable bonds is 10. The number of hydrogen-bond donors (Lipinski definition) is 2. The van der Waals surface area contributed by atoms with Crippen LogP contribution < -0.4 is 15.4 Å². The fourth-order valence-corrected chi connectivity index (χ4v) is 2.13. The summed E-state index contributed by atoms with van der Waals surface area (Å²) in [6.07, 6.45) is 0.588. The maximum absolute atomic E-state index is 12.3. The molecule has 1 aromatic carbocycles. The van der Waals surface area contributed by atoms with Gasteiger partial charge in [-0.05, 0) is 38.6 Å². The molecule has 1 rings (SSSR count). The predicted octanol–water partition coefficient (Wildman–Crippen LogP) is 1.70. The first-order valence-corrected chi connectivity index (χ1v) is 8.28. The normalized spacial score (nSPS) is 11.6. The van der Waals surface area contributed by atoms with Gasteiger partial charge in [0.1, 0.15) is 11.8 Å². The molecule has 0 saturated carbocycles. The van der Waals surface area contributed by atoms with Crippen LogP contribution in [0.2, 0.25) is 0 Å². The van der Waals surface area contributed by atoms with E-state index in [2.05, 4.69) is 10.6 Å². The molecule has 0 fully saturated rings. The molecule has 2 N–H and O–H groups in total. The minimum absolute atomic E-state index is 0. The summed E-state index contributed by atoms with van der Waals surface area (Å²) in [6, 6.07) is 8.59. The Labute approximate surface area is 156 Å². The summed E-state index contributed by atoms with van der Waals surface area (Å²) in [5.41, 5.74) is 0. The number of hydrogen-bond acceptors (Lipinski definition) is 4. The molecule has 25 heavy (non-hydrogen) atoms. The van der Waals surface area contributed by atoms with Gasteiger partial charge in [0.2, 0.25) is 5.91 Å². The highest BCUT2D eigenvalue weighted by atomic mass is 35.5. The average Bonchev–Trinajstić information content (AvgIpc) is 2.52. The molecule has 7 heteroatoms. The Morgan fingerprint density at radius 2 is 1.80 bits per heavy atom. The molecule has 0 saturated heterocycles. The molecular formula is C18H30ClN3O3. The Morgan fingerprint density at radius 1 is 1.16 bits per heavy atom. The van der Waals surface area contributed by atoms with E-state index in [4.69, 9.17) is 4.74 Å². The van der Waals surface area contributed by atoms with Crippen molar-refractivity contribution in [1.29, 1.82) is 0 Å². The number of para-hydroxylation sites is 1. The largest absolute Gasteiger partial charge is 0.484 e. The molecule has 0 aliphatic heterocycles. The van der Waals surface area contributed by atoms with Crippen molar-refractivity contribution in [1.82, 2.24) is 15.5 Å². The predicted molar refractivity (Wildman–Crippen MR) is 102 cm³/mol. The summed E-state index contributed by atoms with van der Waals surface area (Å²) >= 11 is 0. The van der Waals surface area contributed by atoms with Crippen LogP contribution in [0.15, 0.2) is 30.3 Å². The molecule has 0 radical (unpaired) electrons. The lowest BCUT2D eigenvalue weighted by Gasteiger charge is -2.21. The molecule has 0 bridgehead atoms. The van der Waals surface area contributed by atoms with Crippen molar-refractivity contribution >= 4 is 24.2 Å². The van der Waals surface area contributed by atoms with Gasteiger partial charge in [-0.15, -0.1) is 12.4 Å². The second-order valence-electron chi connectivity index (χ2n) is 6.45. The van der Waals surface area contributed by atoms with Gasteiger partial charge in [0, 0.05) is 13.1 Å². The number of nitrogens with zero attached hydrogens (tertiary/aromatic N) is 1. The molecule has 1 unspecified atom stereocenters. The van der Waals surface area contributed by atoms with Crippen LogP contribution in [0.5, 0.6) is 5.75 Å². The van der Waals surface area contributed by atoms with E-state index in [1.54, 1.807) is 12.1 Å². The lowest BCUT2D eigenvalue weighted by Crippen LogP contribution is -2.49. The van der Waals surface area contributed by atoms with Crippen molar-refractivity contribution in [3.63, 3.8) is 0 Å². The third kappa shape index (κ3) is 10.6. The monoisotopic (exact) mass is 371 g/mol. The van der Waals surface area contributed by atoms with Gasteiger partial charge in [-0.2, -0.15) is 0 Å². The molecular weight excluding hydrogens is 342 g/mol. The Kier molecular flexibility index (Phi) is 11.7. The van der Waals surface area contributed by atoms with Crippen LogP contribution in [0.4, 0.5) is 0 Å². The second kappa shape index (κ2) is 12.6. The number of ether oxygens (including phenoxy) is 1. The first kappa shape index (κ1) is 23.2. The van der Waals surface area contributed by atoms with E-state index in [9.17, 15) is 9.59 Å². The van der Waals surface area contributed by atoms with Crippen molar-refractivity contribution in [2.24, 2.45) is 5.92 Å². The van der Waals surface area contributed by atoms with Crippen LogP contribution >= 0.6 is 12.4 Å². The number of nitrogens with one attached hydrogen (secondary N) is 2. The summed E-state index contributed by atoms with van der Waals surface area (Å²) in [7, 11) is 3.89. The zero-order chi connectivity index (χ0) is 17.9. The number of carbonyl (C=O) groups excluding carboxylic acids is 2. The minimum atomic E-state index is -0.543. The summed E-state index contributed by atoms with van der Waals surface area (Å²) in [5.74, 6) is 0.472. The molecule has 2 amide bonds. The Balaban J connectivity index is 0.00000576. The molecule has 0 aliphatic rings. The molecule has 1 atom stereocenters. The first-order chi connectivity index (χ1) is 11.4. The zero-order valence-corrected chi connectivity index (χ0v) is 16.3. The third-order valence-electron chi connectivity index (χ3n) is 3.33. The first-order valence-electron chi connectivity index (χ1n) is 8.28. The summed E-state index contributed by atoms with van der Waals surface area (Å²) < 4.78 is 5.42. The van der Waals surface area contributed by atoms with E-state index >= 15 is 0 Å². The van der Waals surface area contributed by atoms with E-state index in [-0.39, 0.29) is 30.8 Å². The SMILES string of the molecule is CC(C)CC(NC(=O)COc1ccccc1)C(=O)NCCN(C)C.Cl. The van der Waals surface area contributed by atoms with Gasteiger partial charge in [0.25, 0.3) is 5.91 Å². The van der Waals surface area contributed by atoms with E-state index in [1.165, 1.54) is 0 Å². The summed E-state index contributed by atoms with van der Waals surface area (Å²) in [5, 5.41) is 5.63. The van der Waals surface area contributed by atoms with Gasteiger partial charge >= 0.3 is 0 Å².